The molecule has 3 aromatic rings. The van der Waals surface area contributed by atoms with Gasteiger partial charge in [0.2, 0.25) is 5.91 Å². The molecule has 6 nitrogen and oxygen atoms in total. The number of aryl methyl sites for hydroxylation is 1. The Labute approximate surface area is 164 Å². The minimum Gasteiger partial charge on any atom is -0.330 e. The summed E-state index contributed by atoms with van der Waals surface area (Å²) in [5.41, 5.74) is 15.0. The van der Waals surface area contributed by atoms with Crippen LogP contribution in [0.25, 0.3) is 16.6 Å². The van der Waals surface area contributed by atoms with E-state index in [1.165, 1.54) is 0 Å². The highest BCUT2D eigenvalue weighted by atomic mass is 35.5. The van der Waals surface area contributed by atoms with Crippen molar-refractivity contribution in [2.45, 2.75) is 19.4 Å². The average Bonchev–Trinajstić information content (AvgIpc) is 2.98. The van der Waals surface area contributed by atoms with Crippen LogP contribution in [0, 0.1) is 6.92 Å². The van der Waals surface area contributed by atoms with Crippen LogP contribution in [0.15, 0.2) is 48.7 Å². The lowest BCUT2D eigenvalue weighted by atomic mass is 10.2. The van der Waals surface area contributed by atoms with E-state index in [4.69, 9.17) is 11.5 Å². The van der Waals surface area contributed by atoms with Gasteiger partial charge >= 0.3 is 0 Å². The molecule has 140 valence electrons. The van der Waals surface area contributed by atoms with E-state index in [0.717, 1.165) is 22.2 Å². The van der Waals surface area contributed by atoms with Crippen molar-refractivity contribution >= 4 is 47.3 Å². The van der Waals surface area contributed by atoms with Gasteiger partial charge in [-0.2, -0.15) is 5.10 Å². The Kier molecular flexibility index (Phi) is 8.05. The molecule has 0 aliphatic rings. The normalized spacial score (nSPS) is 11.3. The zero-order valence-corrected chi connectivity index (χ0v) is 16.0. The number of fused-ring (bicyclic) bond motifs is 1. The Hall–Kier alpha value is -2.12. The SMILES string of the molecule is Cc1cccc(-n2ncc3ccc(NC(=O)[C@@H](N)CCN)cc32)c1.Cl.Cl. The molecule has 0 spiro atoms. The molecule has 0 fully saturated rings. The molecule has 0 bridgehead atoms. The zero-order valence-electron chi connectivity index (χ0n) is 14.4. The summed E-state index contributed by atoms with van der Waals surface area (Å²) in [6, 6.07) is 13.2. The van der Waals surface area contributed by atoms with Crippen LogP contribution < -0.4 is 16.8 Å². The predicted octanol–water partition coefficient (Wildman–Crippen LogP) is 2.79. The van der Waals surface area contributed by atoms with Crippen LogP contribution in [0.4, 0.5) is 5.69 Å². The van der Waals surface area contributed by atoms with Gasteiger partial charge in [0.05, 0.1) is 23.4 Å². The van der Waals surface area contributed by atoms with Crippen LogP contribution in [0.2, 0.25) is 0 Å². The third-order valence-corrected chi connectivity index (χ3v) is 3.90. The third-order valence-electron chi connectivity index (χ3n) is 3.90. The molecule has 1 amide bonds. The molecule has 8 heteroatoms. The molecule has 3 rings (SSSR count). The number of halogens is 2. The van der Waals surface area contributed by atoms with Crippen molar-refractivity contribution < 1.29 is 4.79 Å². The molecule has 5 N–H and O–H groups in total. The monoisotopic (exact) mass is 395 g/mol. The molecular formula is C18H23Cl2N5O. The second-order valence-electron chi connectivity index (χ2n) is 5.84. The predicted molar refractivity (Wildman–Crippen MR) is 111 cm³/mol. The molecule has 0 radical (unpaired) electrons. The number of nitrogens with two attached hydrogens (primary N) is 2. The Morgan fingerprint density at radius 3 is 2.69 bits per heavy atom. The highest BCUT2D eigenvalue weighted by Crippen LogP contribution is 2.22. The second kappa shape index (κ2) is 9.54. The Bertz CT molecular complexity index is 881. The molecule has 26 heavy (non-hydrogen) atoms. The van der Waals surface area contributed by atoms with E-state index in [1.807, 2.05) is 54.2 Å². The van der Waals surface area contributed by atoms with Crippen molar-refractivity contribution in [2.75, 3.05) is 11.9 Å². The van der Waals surface area contributed by atoms with E-state index < -0.39 is 6.04 Å². The van der Waals surface area contributed by atoms with Gasteiger partial charge in [-0.3, -0.25) is 4.79 Å². The van der Waals surface area contributed by atoms with Gasteiger partial charge in [-0.05, 0) is 55.8 Å². The van der Waals surface area contributed by atoms with Gasteiger partial charge in [-0.15, -0.1) is 24.8 Å². The molecule has 1 heterocycles. The number of amides is 1. The lowest BCUT2D eigenvalue weighted by molar-refractivity contribution is -0.117. The number of aromatic nitrogens is 2. The van der Waals surface area contributed by atoms with Gasteiger partial charge in [0.25, 0.3) is 0 Å². The van der Waals surface area contributed by atoms with Gasteiger partial charge in [-0.25, -0.2) is 4.68 Å². The number of nitrogens with zero attached hydrogens (tertiary/aromatic N) is 2. The fourth-order valence-electron chi connectivity index (χ4n) is 2.61. The van der Waals surface area contributed by atoms with E-state index in [-0.39, 0.29) is 30.7 Å². The standard InChI is InChI=1S/C18H21N5O.2ClH/c1-12-3-2-4-15(9-12)23-17-10-14(6-5-13(17)11-21-23)22-18(24)16(20)7-8-19;;/h2-6,9-11,16H,7-8,19-20H2,1H3,(H,22,24);2*1H/t16-;;/m0../s1. The summed E-state index contributed by atoms with van der Waals surface area (Å²) in [5.74, 6) is -0.235. The first kappa shape index (κ1) is 21.9. The molecule has 0 aliphatic carbocycles. The second-order valence-corrected chi connectivity index (χ2v) is 5.84. The van der Waals surface area contributed by atoms with Gasteiger partial charge < -0.3 is 16.8 Å². The van der Waals surface area contributed by atoms with Gasteiger partial charge in [0.1, 0.15) is 0 Å². The van der Waals surface area contributed by atoms with Crippen LogP contribution in [0.1, 0.15) is 12.0 Å². The summed E-state index contributed by atoms with van der Waals surface area (Å²) in [7, 11) is 0. The van der Waals surface area contributed by atoms with Crippen LogP contribution >= 0.6 is 24.8 Å². The Morgan fingerprint density at radius 1 is 1.23 bits per heavy atom. The van der Waals surface area contributed by atoms with E-state index in [0.29, 0.717) is 18.7 Å². The number of anilines is 1. The first-order valence-corrected chi connectivity index (χ1v) is 7.90. The van der Waals surface area contributed by atoms with Gasteiger partial charge in [0, 0.05) is 11.1 Å². The number of hydrogen-bond acceptors (Lipinski definition) is 4. The highest BCUT2D eigenvalue weighted by molar-refractivity contribution is 5.96. The maximum atomic E-state index is 12.1. The molecular weight excluding hydrogens is 373 g/mol. The summed E-state index contributed by atoms with van der Waals surface area (Å²) in [4.78, 5) is 12.1. The number of nitrogens with one attached hydrogen (secondary N) is 1. The molecule has 0 aliphatic heterocycles. The lowest BCUT2D eigenvalue weighted by Gasteiger charge is -2.11. The summed E-state index contributed by atoms with van der Waals surface area (Å²) in [6.45, 7) is 2.42. The van der Waals surface area contributed by atoms with Crippen LogP contribution in [-0.2, 0) is 4.79 Å². The van der Waals surface area contributed by atoms with E-state index >= 15 is 0 Å². The third kappa shape index (κ3) is 4.74. The molecule has 1 aromatic heterocycles. The number of benzene rings is 2. The van der Waals surface area contributed by atoms with Gasteiger partial charge in [-0.1, -0.05) is 12.1 Å². The molecule has 0 saturated heterocycles. The van der Waals surface area contributed by atoms with E-state index in [9.17, 15) is 4.79 Å². The first-order valence-electron chi connectivity index (χ1n) is 7.90. The molecule has 1 atom stereocenters. The Morgan fingerprint density at radius 2 is 2.00 bits per heavy atom. The molecule has 2 aromatic carbocycles. The summed E-state index contributed by atoms with van der Waals surface area (Å²) < 4.78 is 1.86. The Balaban J connectivity index is 0.00000169. The van der Waals surface area contributed by atoms with Crippen LogP contribution in [0.3, 0.4) is 0 Å². The highest BCUT2D eigenvalue weighted by Gasteiger charge is 2.13. The number of hydrogen-bond donors (Lipinski definition) is 3. The zero-order chi connectivity index (χ0) is 17.1. The van der Waals surface area contributed by atoms with Crippen LogP contribution in [-0.4, -0.2) is 28.3 Å². The minimum absolute atomic E-state index is 0. The number of rotatable bonds is 5. The minimum atomic E-state index is -0.604. The summed E-state index contributed by atoms with van der Waals surface area (Å²) in [6.07, 6.45) is 2.26. The van der Waals surface area contributed by atoms with Crippen molar-refractivity contribution in [1.82, 2.24) is 9.78 Å². The first-order chi connectivity index (χ1) is 11.6. The summed E-state index contributed by atoms with van der Waals surface area (Å²) >= 11 is 0. The van der Waals surface area contributed by atoms with Crippen molar-refractivity contribution in [2.24, 2.45) is 11.5 Å². The smallest absolute Gasteiger partial charge is 0.241 e. The van der Waals surface area contributed by atoms with Crippen molar-refractivity contribution in [1.29, 1.82) is 0 Å². The maximum Gasteiger partial charge on any atom is 0.241 e. The van der Waals surface area contributed by atoms with E-state index in [2.05, 4.69) is 16.5 Å². The van der Waals surface area contributed by atoms with Crippen molar-refractivity contribution in [3.63, 3.8) is 0 Å². The fourth-order valence-corrected chi connectivity index (χ4v) is 2.61. The fraction of sp³-hybridized carbons (Fsp3) is 0.222. The van der Waals surface area contributed by atoms with E-state index in [1.54, 1.807) is 0 Å². The summed E-state index contributed by atoms with van der Waals surface area (Å²) in [5, 5.41) is 8.29. The lowest BCUT2D eigenvalue weighted by Crippen LogP contribution is -2.37. The molecule has 0 saturated carbocycles. The van der Waals surface area contributed by atoms with Crippen molar-refractivity contribution in [3.8, 4) is 5.69 Å². The molecule has 0 unspecified atom stereocenters. The quantitative estimate of drug-likeness (QED) is 0.618. The maximum absolute atomic E-state index is 12.1. The number of carbonyl (C=O) groups is 1. The van der Waals surface area contributed by atoms with Crippen LogP contribution in [0.5, 0.6) is 0 Å². The van der Waals surface area contributed by atoms with Gasteiger partial charge in [0.15, 0.2) is 0 Å². The van der Waals surface area contributed by atoms with Crippen molar-refractivity contribution in [3.05, 3.63) is 54.2 Å². The topological polar surface area (TPSA) is 99.0 Å². The average molecular weight is 396 g/mol. The largest absolute Gasteiger partial charge is 0.330 e. The number of carbonyl (C=O) groups excluding carboxylic acids is 1.